The van der Waals surface area contributed by atoms with E-state index in [-0.39, 0.29) is 41.6 Å². The van der Waals surface area contributed by atoms with E-state index >= 15 is 0 Å². The van der Waals surface area contributed by atoms with Crippen LogP contribution in [0.4, 0.5) is 11.4 Å². The van der Waals surface area contributed by atoms with Crippen molar-refractivity contribution < 1.29 is 29.8 Å². The summed E-state index contributed by atoms with van der Waals surface area (Å²) in [5.74, 6) is 0.131. The lowest BCUT2D eigenvalue weighted by Crippen LogP contribution is -2.58. The number of carbonyl (C=O) groups excluding carboxylic acids is 3. The molecule has 4 unspecified atom stereocenters. The van der Waals surface area contributed by atoms with Crippen LogP contribution in [0.25, 0.3) is 22.3 Å². The van der Waals surface area contributed by atoms with Gasteiger partial charge in [0.1, 0.15) is 36.3 Å². The van der Waals surface area contributed by atoms with Crippen molar-refractivity contribution in [3.05, 3.63) is 197 Å². The van der Waals surface area contributed by atoms with E-state index in [1.165, 1.54) is 12.1 Å². The number of likely N-dealkylation sites (tertiary alicyclic amines) is 1. The summed E-state index contributed by atoms with van der Waals surface area (Å²) < 4.78 is 2.06. The Bertz CT molecular complexity index is 2790. The molecule has 1 fully saturated rings. The number of carbonyl (C=O) groups is 3. The fourth-order valence-electron chi connectivity index (χ4n) is 8.98. The molecule has 6 aromatic rings. The molecule has 370 valence electrons. The molecule has 1 aromatic heterocycles. The highest BCUT2D eigenvalue weighted by atomic mass is 16.6. The van der Waals surface area contributed by atoms with Crippen LogP contribution in [-0.2, 0) is 33.6 Å². The number of nitro benzene ring substituents is 1. The molecule has 5 aromatic carbocycles. The number of hydrogen-bond acceptors (Lipinski definition) is 9. The Morgan fingerprint density at radius 1 is 0.887 bits per heavy atom. The van der Waals surface area contributed by atoms with Crippen LogP contribution in [-0.4, -0.2) is 75.2 Å². The quantitative estimate of drug-likeness (QED) is 0.0298. The van der Waals surface area contributed by atoms with Crippen molar-refractivity contribution in [2.45, 2.75) is 77.9 Å². The minimum absolute atomic E-state index is 0.0211. The molecule has 0 saturated carbocycles. The first-order valence-corrected chi connectivity index (χ1v) is 24.1. The molecule has 1 saturated heterocycles. The molecule has 3 heterocycles. The minimum Gasteiger partial charge on any atom is -0.508 e. The van der Waals surface area contributed by atoms with Gasteiger partial charge in [-0.05, 0) is 85.0 Å². The number of hydrogen-bond donors (Lipinski definition) is 6. The lowest BCUT2D eigenvalue weighted by Gasteiger charge is -2.32. The fourth-order valence-corrected chi connectivity index (χ4v) is 8.98. The molecule has 14 nitrogen and oxygen atoms in total. The highest BCUT2D eigenvalue weighted by molar-refractivity contribution is 5.98. The first kappa shape index (κ1) is 53.7. The van der Waals surface area contributed by atoms with Gasteiger partial charge in [-0.1, -0.05) is 126 Å². The van der Waals surface area contributed by atoms with Gasteiger partial charge in [-0.15, -0.1) is 0 Å². The van der Waals surface area contributed by atoms with Crippen LogP contribution in [0.15, 0.2) is 159 Å². The molecular weight excluding hydrogens is 893 g/mol. The number of rotatable bonds is 17. The van der Waals surface area contributed by atoms with Gasteiger partial charge in [-0.25, -0.2) is 4.57 Å². The van der Waals surface area contributed by atoms with Gasteiger partial charge in [-0.3, -0.25) is 25.1 Å². The van der Waals surface area contributed by atoms with Crippen LogP contribution in [0.5, 0.6) is 5.75 Å². The molecule has 0 aliphatic carbocycles. The maximum Gasteiger partial charge on any atom is 0.270 e. The zero-order valence-electron chi connectivity index (χ0n) is 41.1. The van der Waals surface area contributed by atoms with Crippen LogP contribution < -0.4 is 26.7 Å². The lowest BCUT2D eigenvalue weighted by atomic mass is 9.86. The number of nitrogens with one attached hydrogen (secondary N) is 4. The largest absolute Gasteiger partial charge is 0.508 e. The molecule has 4 atom stereocenters. The van der Waals surface area contributed by atoms with Gasteiger partial charge in [0.15, 0.2) is 0 Å². The number of aromatic nitrogens is 1. The number of nitro groups is 1. The van der Waals surface area contributed by atoms with Crippen molar-refractivity contribution in [1.82, 2.24) is 25.4 Å². The van der Waals surface area contributed by atoms with E-state index in [0.717, 1.165) is 38.8 Å². The standard InChI is InChI=1S/C52H52N8O5.2C2H6.CH2O/c1-3-54-27-26-45(38-13-9-14-41(31-38)60(64)65)56-40-22-20-37(21-23-40)34(2)55-47(30-36-18-24-42(61)25-19-36)52(63)58-28-10-17-49(58)51(62)57-46-32-39-33-59(48-16-8-7-15-43(39)48)50(53)44(46)29-35-11-5-4-6-12-35;3*1-2/h3-9,11-16,18-26,31,33,44,46-47,49,53-56,61H,1-2,10,17,27-30,32H2,(H,57,62);2*1-2H3;1H2/p+1/b45-26-,53-50?;;;. The monoisotopic (exact) mass is 960 g/mol. The van der Waals surface area contributed by atoms with Crippen molar-refractivity contribution in [2.75, 3.05) is 18.4 Å². The maximum atomic E-state index is 14.8. The molecule has 14 heteroatoms. The van der Waals surface area contributed by atoms with Gasteiger partial charge in [0.05, 0.1) is 10.8 Å². The molecule has 0 radical (unpaired) electrons. The van der Waals surface area contributed by atoms with Crippen molar-refractivity contribution in [2.24, 2.45) is 5.92 Å². The molecule has 2 aliphatic rings. The SMILES string of the molecule is C=CNC/C=C(\Nc1ccc(C(=C)NC(Cc2ccc(O)cc2)C(=O)N2CCCC2C(=O)NC2Cc3cn(c4ccccc34)C(=[NH2+])C2Cc2ccccc2)cc1)c1cccc([N+](=O)[O-])c1.C=O.CC.CC. The molecule has 71 heavy (non-hydrogen) atoms. The van der Waals surface area contributed by atoms with Crippen LogP contribution >= 0.6 is 0 Å². The number of fused-ring (bicyclic) bond motifs is 5. The van der Waals surface area contributed by atoms with Crippen LogP contribution in [0.2, 0.25) is 0 Å². The Labute approximate surface area is 416 Å². The first-order valence-electron chi connectivity index (χ1n) is 24.1. The second-order valence-corrected chi connectivity index (χ2v) is 16.6. The van der Waals surface area contributed by atoms with Gasteiger partial charge < -0.3 is 36.1 Å². The Kier molecular flexibility index (Phi) is 20.0. The zero-order valence-corrected chi connectivity index (χ0v) is 41.1. The van der Waals surface area contributed by atoms with Crippen LogP contribution in [0.3, 0.4) is 0 Å². The molecular formula is C57H67N8O6+. The minimum atomic E-state index is -0.795. The number of nitrogens with zero attached hydrogens (tertiary/aromatic N) is 3. The summed E-state index contributed by atoms with van der Waals surface area (Å²) in [7, 11) is 0. The molecule has 7 N–H and O–H groups in total. The second kappa shape index (κ2) is 26.5. The number of anilines is 1. The Hall–Kier alpha value is -8.26. The number of para-hydroxylation sites is 1. The summed E-state index contributed by atoms with van der Waals surface area (Å²) in [6.07, 6.45) is 8.21. The number of non-ortho nitro benzene ring substituents is 1. The van der Waals surface area contributed by atoms with E-state index in [2.05, 4.69) is 69.5 Å². The Morgan fingerprint density at radius 2 is 1.58 bits per heavy atom. The van der Waals surface area contributed by atoms with Gasteiger partial charge in [0.25, 0.3) is 11.5 Å². The number of amides is 2. The first-order chi connectivity index (χ1) is 34.6. The summed E-state index contributed by atoms with van der Waals surface area (Å²) in [6, 6.07) is 37.1. The van der Waals surface area contributed by atoms with E-state index in [0.29, 0.717) is 61.6 Å². The Morgan fingerprint density at radius 3 is 2.27 bits per heavy atom. The number of phenolic OH excluding ortho intramolecular Hbond substituents is 1. The molecule has 2 aliphatic heterocycles. The van der Waals surface area contributed by atoms with Gasteiger partial charge in [-0.2, -0.15) is 0 Å². The predicted molar refractivity (Wildman–Crippen MR) is 285 cm³/mol. The predicted octanol–water partition coefficient (Wildman–Crippen LogP) is 8.08. The van der Waals surface area contributed by atoms with E-state index < -0.39 is 17.0 Å². The summed E-state index contributed by atoms with van der Waals surface area (Å²) >= 11 is 0. The number of phenols is 1. The summed E-state index contributed by atoms with van der Waals surface area (Å²) in [6.45, 7) is 18.9. The van der Waals surface area contributed by atoms with Crippen molar-refractivity contribution >= 4 is 58.1 Å². The van der Waals surface area contributed by atoms with E-state index in [4.69, 9.17) is 10.2 Å². The smallest absolute Gasteiger partial charge is 0.270 e. The van der Waals surface area contributed by atoms with Crippen LogP contribution in [0, 0.1) is 16.0 Å². The topological polar surface area (TPSA) is 196 Å². The maximum absolute atomic E-state index is 14.8. The van der Waals surface area contributed by atoms with E-state index in [1.54, 1.807) is 47.5 Å². The molecule has 2 bridgehead atoms. The molecule has 2 amide bonds. The lowest BCUT2D eigenvalue weighted by molar-refractivity contribution is -0.384. The van der Waals surface area contributed by atoms with Crippen molar-refractivity contribution in [3.8, 4) is 5.75 Å². The Balaban J connectivity index is 0.00000151. The third-order valence-electron chi connectivity index (χ3n) is 12.3. The van der Waals surface area contributed by atoms with Gasteiger partial charge in [0, 0.05) is 71.3 Å². The molecule has 0 spiro atoms. The van der Waals surface area contributed by atoms with Gasteiger partial charge in [0.2, 0.25) is 11.8 Å². The highest BCUT2D eigenvalue weighted by Gasteiger charge is 2.42. The average Bonchev–Trinajstić information content (AvgIpc) is 4.03. The summed E-state index contributed by atoms with van der Waals surface area (Å²) in [5.41, 5.74) is 7.32. The van der Waals surface area contributed by atoms with Crippen molar-refractivity contribution in [3.63, 3.8) is 0 Å². The third kappa shape index (κ3) is 13.5. The van der Waals surface area contributed by atoms with E-state index in [1.807, 2.05) is 95.2 Å². The van der Waals surface area contributed by atoms with Crippen molar-refractivity contribution in [1.29, 1.82) is 0 Å². The fraction of sp³-hybridized carbons (Fsp3) is 0.263. The highest BCUT2D eigenvalue weighted by Crippen LogP contribution is 2.31. The summed E-state index contributed by atoms with van der Waals surface area (Å²) in [4.78, 5) is 50.2. The summed E-state index contributed by atoms with van der Waals surface area (Å²) in [5, 5.41) is 42.9. The number of benzene rings is 5. The van der Waals surface area contributed by atoms with Crippen LogP contribution in [0.1, 0.15) is 68.4 Å². The zero-order chi connectivity index (χ0) is 51.5. The third-order valence-corrected chi connectivity index (χ3v) is 12.3. The van der Waals surface area contributed by atoms with Gasteiger partial charge >= 0.3 is 0 Å². The van der Waals surface area contributed by atoms with E-state index in [9.17, 15) is 24.8 Å². The second-order valence-electron chi connectivity index (χ2n) is 16.6. The molecule has 8 rings (SSSR count). The number of nitrogens with two attached hydrogens (primary N) is 1. The normalized spacial score (nSPS) is 16.2. The average molecular weight is 960 g/mol. The number of aromatic hydroxyl groups is 1.